The highest BCUT2D eigenvalue weighted by atomic mass is 35.5. The molecule has 0 aliphatic heterocycles. The van der Waals surface area contributed by atoms with Crippen molar-refractivity contribution in [1.82, 2.24) is 9.13 Å². The number of nitrogens with zero attached hydrogens (tertiary/aromatic N) is 3. The summed E-state index contributed by atoms with van der Waals surface area (Å²) in [6.07, 6.45) is 1.20. The van der Waals surface area contributed by atoms with E-state index < -0.39 is 17.1 Å². The van der Waals surface area contributed by atoms with Gasteiger partial charge in [-0.3, -0.25) is 9.79 Å². The quantitative estimate of drug-likeness (QED) is 0.454. The van der Waals surface area contributed by atoms with Gasteiger partial charge in [0.15, 0.2) is 0 Å². The van der Waals surface area contributed by atoms with Crippen molar-refractivity contribution in [1.29, 1.82) is 0 Å². The zero-order valence-corrected chi connectivity index (χ0v) is 17.5. The highest BCUT2D eigenvalue weighted by molar-refractivity contribution is 6.42. The molecule has 3 aromatic carbocycles. The summed E-state index contributed by atoms with van der Waals surface area (Å²) in [6, 6.07) is 21.7. The second-order valence-corrected chi connectivity index (χ2v) is 7.34. The number of hydrogen-bond donors (Lipinski definition) is 1. The Hall–Kier alpha value is -3.61. The van der Waals surface area contributed by atoms with Crippen LogP contribution in [0.25, 0.3) is 11.4 Å². The highest BCUT2D eigenvalue weighted by Gasteiger charge is 2.19. The number of aromatic nitrogens is 2. The first-order chi connectivity index (χ1) is 15.0. The molecule has 0 spiro atoms. The molecule has 0 unspecified atom stereocenters. The van der Waals surface area contributed by atoms with Crippen molar-refractivity contribution in [3.63, 3.8) is 0 Å². The summed E-state index contributed by atoms with van der Waals surface area (Å²) >= 11 is 12.0. The van der Waals surface area contributed by atoms with Gasteiger partial charge in [-0.2, -0.15) is 0 Å². The summed E-state index contributed by atoms with van der Waals surface area (Å²) in [5.41, 5.74) is -0.364. The molecule has 0 saturated heterocycles. The largest absolute Gasteiger partial charge is 0.493 e. The van der Waals surface area contributed by atoms with Gasteiger partial charge in [0.05, 0.1) is 27.1 Å². The van der Waals surface area contributed by atoms with E-state index in [-0.39, 0.29) is 5.56 Å². The molecule has 1 heterocycles. The summed E-state index contributed by atoms with van der Waals surface area (Å²) < 4.78 is 2.05. The van der Waals surface area contributed by atoms with E-state index in [2.05, 4.69) is 4.99 Å². The zero-order chi connectivity index (χ0) is 22.0. The van der Waals surface area contributed by atoms with Gasteiger partial charge in [0.2, 0.25) is 5.88 Å². The lowest BCUT2D eigenvalue weighted by Gasteiger charge is -2.14. The molecular weight excluding hydrogens is 437 g/mol. The number of hydrogen-bond acceptors (Lipinski definition) is 4. The van der Waals surface area contributed by atoms with Crippen LogP contribution in [-0.2, 0) is 0 Å². The van der Waals surface area contributed by atoms with Crippen LogP contribution in [0.1, 0.15) is 5.56 Å². The minimum atomic E-state index is -0.704. The van der Waals surface area contributed by atoms with Gasteiger partial charge >= 0.3 is 5.69 Å². The third kappa shape index (κ3) is 4.03. The molecule has 0 bridgehead atoms. The van der Waals surface area contributed by atoms with Gasteiger partial charge in [0, 0.05) is 6.21 Å². The lowest BCUT2D eigenvalue weighted by atomic mass is 10.2. The van der Waals surface area contributed by atoms with E-state index in [0.29, 0.717) is 27.1 Å². The number of benzene rings is 3. The first kappa shape index (κ1) is 20.7. The van der Waals surface area contributed by atoms with Crippen LogP contribution in [0.15, 0.2) is 93.4 Å². The Bertz CT molecular complexity index is 1400. The van der Waals surface area contributed by atoms with E-state index >= 15 is 0 Å². The van der Waals surface area contributed by atoms with Crippen LogP contribution in [0.2, 0.25) is 10.0 Å². The van der Waals surface area contributed by atoms with Crippen LogP contribution in [0.4, 0.5) is 5.69 Å². The molecule has 1 N–H and O–H groups in total. The van der Waals surface area contributed by atoms with Crippen molar-refractivity contribution < 1.29 is 5.11 Å². The van der Waals surface area contributed by atoms with Gasteiger partial charge in [-0.25, -0.2) is 13.9 Å². The Balaban J connectivity index is 1.98. The van der Waals surface area contributed by atoms with Gasteiger partial charge in [-0.15, -0.1) is 0 Å². The van der Waals surface area contributed by atoms with E-state index in [1.165, 1.54) is 12.3 Å². The maximum atomic E-state index is 13.2. The van der Waals surface area contributed by atoms with Crippen LogP contribution >= 0.6 is 23.2 Å². The average molecular weight is 452 g/mol. The van der Waals surface area contributed by atoms with Crippen LogP contribution in [0, 0.1) is 0 Å². The number of aromatic hydroxyl groups is 1. The summed E-state index contributed by atoms with van der Waals surface area (Å²) in [7, 11) is 0. The predicted molar refractivity (Wildman–Crippen MR) is 123 cm³/mol. The Kier molecular flexibility index (Phi) is 5.75. The van der Waals surface area contributed by atoms with Crippen molar-refractivity contribution in [2.75, 3.05) is 0 Å². The second-order valence-electron chi connectivity index (χ2n) is 6.52. The first-order valence-electron chi connectivity index (χ1n) is 9.18. The Morgan fingerprint density at radius 1 is 0.774 bits per heavy atom. The molecule has 0 atom stereocenters. The number of rotatable bonds is 4. The fourth-order valence-electron chi connectivity index (χ4n) is 3.05. The Morgan fingerprint density at radius 2 is 1.35 bits per heavy atom. The lowest BCUT2D eigenvalue weighted by molar-refractivity contribution is 0.427. The van der Waals surface area contributed by atoms with Crippen molar-refractivity contribution in [3.8, 4) is 17.3 Å². The highest BCUT2D eigenvalue weighted by Crippen LogP contribution is 2.26. The van der Waals surface area contributed by atoms with E-state index in [1.54, 1.807) is 72.8 Å². The molecule has 4 rings (SSSR count). The molecule has 1 aromatic heterocycles. The van der Waals surface area contributed by atoms with E-state index in [0.717, 1.165) is 9.13 Å². The lowest BCUT2D eigenvalue weighted by Crippen LogP contribution is -2.40. The number of aliphatic imine (C=N–C) groups is 1. The first-order valence-corrected chi connectivity index (χ1v) is 9.94. The molecule has 31 heavy (non-hydrogen) atoms. The summed E-state index contributed by atoms with van der Waals surface area (Å²) in [5, 5.41) is 11.5. The zero-order valence-electron chi connectivity index (χ0n) is 15.9. The van der Waals surface area contributed by atoms with E-state index in [1.807, 2.05) is 0 Å². The maximum absolute atomic E-state index is 13.2. The SMILES string of the molecule is O=c1c(C=Nc2ccc(Cl)c(Cl)c2)c(O)n(-c2ccccc2)c(=O)n1-c1ccccc1. The smallest absolute Gasteiger partial charge is 0.343 e. The topological polar surface area (TPSA) is 76.6 Å². The molecule has 0 saturated carbocycles. The van der Waals surface area contributed by atoms with Crippen molar-refractivity contribution >= 4 is 35.1 Å². The van der Waals surface area contributed by atoms with Crippen molar-refractivity contribution in [2.24, 2.45) is 4.99 Å². The maximum Gasteiger partial charge on any atom is 0.343 e. The molecule has 0 radical (unpaired) electrons. The third-order valence-electron chi connectivity index (χ3n) is 4.54. The molecule has 0 fully saturated rings. The van der Waals surface area contributed by atoms with Crippen LogP contribution < -0.4 is 11.2 Å². The van der Waals surface area contributed by atoms with E-state index in [4.69, 9.17) is 23.2 Å². The van der Waals surface area contributed by atoms with Crippen LogP contribution in [-0.4, -0.2) is 20.5 Å². The van der Waals surface area contributed by atoms with Gasteiger partial charge in [-0.1, -0.05) is 59.6 Å². The van der Waals surface area contributed by atoms with Gasteiger partial charge in [0.25, 0.3) is 5.56 Å². The fraction of sp³-hybridized carbons (Fsp3) is 0. The van der Waals surface area contributed by atoms with E-state index in [9.17, 15) is 14.7 Å². The fourth-order valence-corrected chi connectivity index (χ4v) is 3.34. The van der Waals surface area contributed by atoms with Gasteiger partial charge < -0.3 is 5.11 Å². The molecule has 4 aromatic rings. The van der Waals surface area contributed by atoms with Crippen molar-refractivity contribution in [2.45, 2.75) is 0 Å². The molecule has 0 aliphatic carbocycles. The predicted octanol–water partition coefficient (Wildman–Crippen LogP) is 4.75. The Morgan fingerprint density at radius 3 is 1.94 bits per heavy atom. The average Bonchev–Trinajstić information content (AvgIpc) is 2.77. The summed E-state index contributed by atoms with van der Waals surface area (Å²) in [6.45, 7) is 0. The minimum absolute atomic E-state index is 0.154. The van der Waals surface area contributed by atoms with Gasteiger partial charge in [0.1, 0.15) is 5.56 Å². The molecule has 6 nitrogen and oxygen atoms in total. The molecule has 154 valence electrons. The van der Waals surface area contributed by atoms with Crippen LogP contribution in [0.5, 0.6) is 5.88 Å². The summed E-state index contributed by atoms with van der Waals surface area (Å²) in [4.78, 5) is 30.6. The number of halogens is 2. The standard InChI is InChI=1S/C23H15Cl2N3O3/c24-19-12-11-15(13-20(19)25)26-14-18-21(29)27(16-7-3-1-4-8-16)23(31)28(22(18)30)17-9-5-2-6-10-17/h1-14,29H. The molecule has 0 amide bonds. The third-order valence-corrected chi connectivity index (χ3v) is 5.28. The normalized spacial score (nSPS) is 11.2. The monoisotopic (exact) mass is 451 g/mol. The van der Waals surface area contributed by atoms with Crippen LogP contribution in [0.3, 0.4) is 0 Å². The number of para-hydroxylation sites is 2. The second kappa shape index (κ2) is 8.63. The minimum Gasteiger partial charge on any atom is -0.493 e. The van der Waals surface area contributed by atoms with Crippen molar-refractivity contribution in [3.05, 3.63) is 115 Å². The molecule has 8 heteroatoms. The Labute approximate surface area is 186 Å². The van der Waals surface area contributed by atoms with Gasteiger partial charge in [-0.05, 0) is 42.5 Å². The summed E-state index contributed by atoms with van der Waals surface area (Å²) in [5.74, 6) is -0.516. The molecular formula is C23H15Cl2N3O3. The molecule has 0 aliphatic rings.